The molecule has 0 aliphatic heterocycles. The SMILES string of the molecule is CC(C)CCN(CCCCCCCCCCN(CCC(C)C)CCC(C)C)CCC(C)C. The van der Waals surface area contributed by atoms with E-state index in [-0.39, 0.29) is 0 Å². The molecule has 32 heavy (non-hydrogen) atoms. The molecular formula is C30H64N2. The zero-order chi connectivity index (χ0) is 24.2. The van der Waals surface area contributed by atoms with E-state index >= 15 is 0 Å². The molecule has 194 valence electrons. The summed E-state index contributed by atoms with van der Waals surface area (Å²) in [7, 11) is 0. The van der Waals surface area contributed by atoms with Crippen molar-refractivity contribution < 1.29 is 0 Å². The van der Waals surface area contributed by atoms with Gasteiger partial charge in [-0.25, -0.2) is 0 Å². The van der Waals surface area contributed by atoms with E-state index in [1.807, 2.05) is 0 Å². The lowest BCUT2D eigenvalue weighted by Crippen LogP contribution is -2.29. The normalized spacial score (nSPS) is 12.6. The van der Waals surface area contributed by atoms with Gasteiger partial charge in [-0.2, -0.15) is 0 Å². The van der Waals surface area contributed by atoms with Crippen LogP contribution in [0.5, 0.6) is 0 Å². The van der Waals surface area contributed by atoms with E-state index in [0.717, 1.165) is 23.7 Å². The van der Waals surface area contributed by atoms with Crippen LogP contribution in [0.15, 0.2) is 0 Å². The van der Waals surface area contributed by atoms with Crippen LogP contribution in [0.1, 0.15) is 132 Å². The van der Waals surface area contributed by atoms with Crippen LogP contribution < -0.4 is 0 Å². The van der Waals surface area contributed by atoms with Gasteiger partial charge in [0.25, 0.3) is 0 Å². The summed E-state index contributed by atoms with van der Waals surface area (Å²) in [5.41, 5.74) is 0. The topological polar surface area (TPSA) is 6.48 Å². The fourth-order valence-electron chi connectivity index (χ4n) is 4.17. The molecule has 0 aromatic carbocycles. The summed E-state index contributed by atoms with van der Waals surface area (Å²) in [6.07, 6.45) is 16.8. The van der Waals surface area contributed by atoms with Crippen molar-refractivity contribution in [2.75, 3.05) is 39.3 Å². The Labute approximate surface area is 205 Å². The van der Waals surface area contributed by atoms with Crippen molar-refractivity contribution in [2.45, 2.75) is 132 Å². The monoisotopic (exact) mass is 453 g/mol. The second kappa shape index (κ2) is 21.5. The second-order valence-electron chi connectivity index (χ2n) is 12.2. The maximum absolute atomic E-state index is 2.74. The van der Waals surface area contributed by atoms with Crippen LogP contribution >= 0.6 is 0 Å². The Morgan fingerprint density at radius 3 is 0.750 bits per heavy atom. The third-order valence-electron chi connectivity index (χ3n) is 6.79. The van der Waals surface area contributed by atoms with Crippen molar-refractivity contribution in [1.82, 2.24) is 9.80 Å². The Morgan fingerprint density at radius 1 is 0.312 bits per heavy atom. The van der Waals surface area contributed by atoms with Crippen LogP contribution in [0.2, 0.25) is 0 Å². The van der Waals surface area contributed by atoms with Gasteiger partial charge in [-0.1, -0.05) is 93.9 Å². The summed E-state index contributed by atoms with van der Waals surface area (Å²) in [6.45, 7) is 26.7. The minimum atomic E-state index is 0.828. The van der Waals surface area contributed by atoms with Crippen LogP contribution in [-0.2, 0) is 0 Å². The molecule has 0 amide bonds. The summed E-state index contributed by atoms with van der Waals surface area (Å²) < 4.78 is 0. The number of unbranched alkanes of at least 4 members (excludes halogenated alkanes) is 7. The van der Waals surface area contributed by atoms with Crippen molar-refractivity contribution in [2.24, 2.45) is 23.7 Å². The summed E-state index contributed by atoms with van der Waals surface area (Å²) in [4.78, 5) is 5.48. The first-order valence-corrected chi connectivity index (χ1v) is 14.6. The third-order valence-corrected chi connectivity index (χ3v) is 6.79. The molecule has 0 fully saturated rings. The van der Waals surface area contributed by atoms with Gasteiger partial charge in [0.05, 0.1) is 0 Å². The van der Waals surface area contributed by atoms with Gasteiger partial charge >= 0.3 is 0 Å². The molecule has 0 N–H and O–H groups in total. The number of rotatable bonds is 23. The molecule has 0 spiro atoms. The van der Waals surface area contributed by atoms with Crippen LogP contribution in [0.25, 0.3) is 0 Å². The molecule has 0 aliphatic carbocycles. The Kier molecular flexibility index (Phi) is 21.4. The van der Waals surface area contributed by atoms with Crippen molar-refractivity contribution in [3.8, 4) is 0 Å². The number of nitrogens with zero attached hydrogens (tertiary/aromatic N) is 2. The van der Waals surface area contributed by atoms with E-state index in [2.05, 4.69) is 65.2 Å². The lowest BCUT2D eigenvalue weighted by atomic mass is 10.1. The molecule has 2 heteroatoms. The van der Waals surface area contributed by atoms with E-state index in [1.54, 1.807) is 0 Å². The molecule has 0 atom stereocenters. The molecule has 0 rings (SSSR count). The van der Waals surface area contributed by atoms with Gasteiger partial charge in [0.2, 0.25) is 0 Å². The third kappa shape index (κ3) is 23.1. The summed E-state index contributed by atoms with van der Waals surface area (Å²) in [5.74, 6) is 3.31. The van der Waals surface area contributed by atoms with Gasteiger partial charge < -0.3 is 9.80 Å². The predicted molar refractivity (Wildman–Crippen MR) is 148 cm³/mol. The summed E-state index contributed by atoms with van der Waals surface area (Å²) in [6, 6.07) is 0. The largest absolute Gasteiger partial charge is 0.303 e. The zero-order valence-electron chi connectivity index (χ0n) is 23.9. The first-order chi connectivity index (χ1) is 15.2. The van der Waals surface area contributed by atoms with Gasteiger partial charge in [0, 0.05) is 0 Å². The first kappa shape index (κ1) is 31.9. The van der Waals surface area contributed by atoms with E-state index in [9.17, 15) is 0 Å². The van der Waals surface area contributed by atoms with Crippen LogP contribution in [0, 0.1) is 23.7 Å². The Balaban J connectivity index is 3.79. The second-order valence-corrected chi connectivity index (χ2v) is 12.2. The maximum atomic E-state index is 2.74. The molecule has 0 aliphatic rings. The van der Waals surface area contributed by atoms with Crippen LogP contribution in [0.4, 0.5) is 0 Å². The van der Waals surface area contributed by atoms with E-state index < -0.39 is 0 Å². The molecule has 0 saturated carbocycles. The Bertz CT molecular complexity index is 315. The van der Waals surface area contributed by atoms with Crippen LogP contribution in [0.3, 0.4) is 0 Å². The lowest BCUT2D eigenvalue weighted by molar-refractivity contribution is 0.237. The molecular weight excluding hydrogens is 388 g/mol. The van der Waals surface area contributed by atoms with Crippen molar-refractivity contribution in [3.05, 3.63) is 0 Å². The average molecular weight is 453 g/mol. The standard InChI is InChI=1S/C30H64N2/c1-27(2)17-23-31(24-18-28(3)4)21-15-13-11-9-10-12-14-16-22-32(25-19-29(5)6)26-20-30(7)8/h27-30H,9-26H2,1-8H3. The molecule has 2 nitrogen and oxygen atoms in total. The molecule has 0 saturated heterocycles. The minimum absolute atomic E-state index is 0.828. The quantitative estimate of drug-likeness (QED) is 0.143. The predicted octanol–water partition coefficient (Wildman–Crippen LogP) is 8.90. The van der Waals surface area contributed by atoms with Gasteiger partial charge in [0.1, 0.15) is 0 Å². The highest BCUT2D eigenvalue weighted by Gasteiger charge is 2.08. The first-order valence-electron chi connectivity index (χ1n) is 14.6. The molecule has 0 radical (unpaired) electrons. The average Bonchev–Trinajstić information content (AvgIpc) is 2.71. The van der Waals surface area contributed by atoms with Gasteiger partial charge in [-0.05, 0) is 101 Å². The molecule has 0 unspecified atom stereocenters. The molecule has 0 bridgehead atoms. The zero-order valence-corrected chi connectivity index (χ0v) is 23.9. The van der Waals surface area contributed by atoms with Gasteiger partial charge in [-0.15, -0.1) is 0 Å². The van der Waals surface area contributed by atoms with Gasteiger partial charge in [-0.3, -0.25) is 0 Å². The van der Waals surface area contributed by atoms with Crippen molar-refractivity contribution >= 4 is 0 Å². The highest BCUT2D eigenvalue weighted by Crippen LogP contribution is 2.13. The smallest absolute Gasteiger partial charge is 0.00163 e. The number of hydrogen-bond donors (Lipinski definition) is 0. The molecule has 0 aromatic rings. The fraction of sp³-hybridized carbons (Fsp3) is 1.00. The summed E-state index contributed by atoms with van der Waals surface area (Å²) in [5, 5.41) is 0. The summed E-state index contributed by atoms with van der Waals surface area (Å²) >= 11 is 0. The van der Waals surface area contributed by atoms with E-state index in [1.165, 1.54) is 116 Å². The minimum Gasteiger partial charge on any atom is -0.303 e. The van der Waals surface area contributed by atoms with Crippen molar-refractivity contribution in [1.29, 1.82) is 0 Å². The fourth-order valence-corrected chi connectivity index (χ4v) is 4.17. The Hall–Kier alpha value is -0.0800. The Morgan fingerprint density at radius 2 is 0.531 bits per heavy atom. The highest BCUT2D eigenvalue weighted by atomic mass is 15.1. The van der Waals surface area contributed by atoms with Gasteiger partial charge in [0.15, 0.2) is 0 Å². The van der Waals surface area contributed by atoms with Crippen LogP contribution in [-0.4, -0.2) is 49.1 Å². The van der Waals surface area contributed by atoms with E-state index in [4.69, 9.17) is 0 Å². The molecule has 0 heterocycles. The number of hydrogen-bond acceptors (Lipinski definition) is 2. The van der Waals surface area contributed by atoms with Crippen molar-refractivity contribution in [3.63, 3.8) is 0 Å². The maximum Gasteiger partial charge on any atom is -0.00163 e. The highest BCUT2D eigenvalue weighted by molar-refractivity contribution is 4.63. The van der Waals surface area contributed by atoms with E-state index in [0.29, 0.717) is 0 Å². The molecule has 0 aromatic heterocycles. The lowest BCUT2D eigenvalue weighted by Gasteiger charge is -2.24.